The van der Waals surface area contributed by atoms with Crippen molar-refractivity contribution in [2.24, 2.45) is 0 Å². The summed E-state index contributed by atoms with van der Waals surface area (Å²) < 4.78 is 59.5. The molecule has 0 rings (SSSR count). The predicted molar refractivity (Wildman–Crippen MR) is 2.06 cm³/mol. The van der Waals surface area contributed by atoms with Crippen LogP contribution in [0.25, 0.3) is 0 Å². The van der Waals surface area contributed by atoms with Crippen LogP contribution in [-0.2, 0) is 24.5 Å². The fourth-order valence-electron chi connectivity index (χ4n) is 0. The molecule has 7 nitrogen and oxygen atoms in total. The second-order valence-electron chi connectivity index (χ2n) is 0.567. The topological polar surface area (TPSA) is 143 Å². The van der Waals surface area contributed by atoms with E-state index in [9.17, 15) is 0 Å². The Hall–Kier alpha value is 3.32. The summed E-state index contributed by atoms with van der Waals surface area (Å²) in [5.41, 5.74) is 0. The molecule has 0 heterocycles. The maximum absolute atomic E-state index is 8.58. The van der Waals surface area contributed by atoms with Crippen LogP contribution in [0.5, 0.6) is 0 Å². The van der Waals surface area contributed by atoms with Crippen LogP contribution in [0.2, 0.25) is 0 Å². The molecule has 0 atom stereocenters. The first-order valence-electron chi connectivity index (χ1n) is 1.08. The van der Waals surface area contributed by atoms with Crippen molar-refractivity contribution in [1.82, 2.24) is 0 Å². The van der Waals surface area contributed by atoms with Crippen LogP contribution in [0, 0.1) is 10.8 Å². The first-order valence-corrected chi connectivity index (χ1v) is 3.93. The Bertz CT molecular complexity index is 168. The molecule has 0 fully saturated rings. The predicted octanol–water partition coefficient (Wildman–Crippen LogP) is -11.1. The van der Waals surface area contributed by atoms with Gasteiger partial charge in [-0.2, -0.15) is 0 Å². The average molecular weight is 281 g/mol. The Kier molecular flexibility index (Phi) is 28.9. The molecule has 0 aliphatic rings. The van der Waals surface area contributed by atoms with E-state index >= 15 is 0 Å². The fraction of sp³-hybridized carbons (Fsp3) is 0. The molecular formula is ClK2MnO7. The third-order valence-electron chi connectivity index (χ3n) is 0. The van der Waals surface area contributed by atoms with Gasteiger partial charge in [-0.05, 0) is 0 Å². The van der Waals surface area contributed by atoms with Crippen molar-refractivity contribution in [3.8, 4) is 0 Å². The zero-order chi connectivity index (χ0) is 8.08. The van der Waals surface area contributed by atoms with E-state index in [1.165, 1.54) is 0 Å². The molecule has 0 saturated carbocycles. The monoisotopic (exact) mass is 280 g/mol. The summed E-state index contributed by atoms with van der Waals surface area (Å²) in [6.07, 6.45) is 0. The number of rotatable bonds is 0. The van der Waals surface area contributed by atoms with Crippen LogP contribution in [0.1, 0.15) is 0 Å². The van der Waals surface area contributed by atoms with Gasteiger partial charge in [-0.15, -0.1) is 0 Å². The van der Waals surface area contributed by atoms with Gasteiger partial charge in [-0.3, -0.25) is 0 Å². The van der Waals surface area contributed by atoms with Gasteiger partial charge in [0.25, 0.3) is 0 Å². The molecule has 0 aromatic heterocycles. The molecule has 0 aliphatic carbocycles. The van der Waals surface area contributed by atoms with Crippen LogP contribution >= 0.6 is 0 Å². The molecule has 11 heteroatoms. The van der Waals surface area contributed by atoms with E-state index in [1.54, 1.807) is 0 Å². The van der Waals surface area contributed by atoms with E-state index in [1.807, 2.05) is 0 Å². The minimum absolute atomic E-state index is 0. The van der Waals surface area contributed by atoms with Crippen LogP contribution in [0.4, 0.5) is 0 Å². The Morgan fingerprint density at radius 2 is 0.909 bits per heavy atom. The number of hydrogen-bond donors (Lipinski definition) is 0. The van der Waals surface area contributed by atoms with Crippen molar-refractivity contribution in [3.63, 3.8) is 0 Å². The third kappa shape index (κ3) is 155. The van der Waals surface area contributed by atoms with E-state index in [4.69, 9.17) is 29.7 Å². The molecular weight excluding hydrogens is 281 g/mol. The molecule has 58 valence electrons. The molecule has 0 saturated heterocycles. The fourth-order valence-corrected chi connectivity index (χ4v) is 0. The quantitative estimate of drug-likeness (QED) is 0.401. The van der Waals surface area contributed by atoms with Gasteiger partial charge in [0, 0.05) is 0 Å². The molecule has 0 aromatic carbocycles. The summed E-state index contributed by atoms with van der Waals surface area (Å²) >= 11 is -5.62. The first-order chi connectivity index (χ1) is 3.73. The van der Waals surface area contributed by atoms with Gasteiger partial charge in [0.05, 0.1) is 10.8 Å². The number of hydrogen-bond acceptors (Lipinski definition) is 7. The molecule has 0 spiro atoms. The molecule has 0 radical (unpaired) electrons. The summed E-state index contributed by atoms with van der Waals surface area (Å²) in [6, 6.07) is 0. The zero-order valence-electron chi connectivity index (χ0n) is 5.61. The summed E-state index contributed by atoms with van der Waals surface area (Å²) in [4.78, 5) is 0. The van der Waals surface area contributed by atoms with Gasteiger partial charge in [-0.1, -0.05) is 0 Å². The Morgan fingerprint density at radius 3 is 0.909 bits per heavy atom. The van der Waals surface area contributed by atoms with E-state index in [2.05, 4.69) is 0 Å². The van der Waals surface area contributed by atoms with Gasteiger partial charge in [0.15, 0.2) is 0 Å². The molecule has 0 amide bonds. The minimum atomic E-state index is -5.62. The van der Waals surface area contributed by atoms with Crippen LogP contribution in [0.3, 0.4) is 0 Å². The summed E-state index contributed by atoms with van der Waals surface area (Å²) in [5.74, 6) is 0. The Balaban J connectivity index is -0.0000000383. The molecule has 0 aromatic rings. The molecule has 0 N–H and O–H groups in total. The van der Waals surface area contributed by atoms with Crippen molar-refractivity contribution < 1.29 is 156 Å². The molecule has 11 heavy (non-hydrogen) atoms. The summed E-state index contributed by atoms with van der Waals surface area (Å²) in [6.45, 7) is 0. The van der Waals surface area contributed by atoms with E-state index < -0.39 is 23.8 Å². The van der Waals surface area contributed by atoms with Gasteiger partial charge in [-0.25, -0.2) is 0 Å². The first kappa shape index (κ1) is 23.9. The zero-order valence-corrected chi connectivity index (χ0v) is 13.8. The second-order valence-corrected chi connectivity index (χ2v) is 2.13. The second kappa shape index (κ2) is 13.3. The van der Waals surface area contributed by atoms with E-state index in [0.29, 0.717) is 0 Å². The van der Waals surface area contributed by atoms with Crippen LogP contribution in [-0.4, -0.2) is 0 Å². The number of halogens is 1. The maximum atomic E-state index is 8.58. The SMILES string of the molecule is [K+].[K+].[O-][Cl+2]([O-])[O-].[O]=[Mn](=[O])(=[O])[O-]. The van der Waals surface area contributed by atoms with Crippen LogP contribution in [0.15, 0.2) is 0 Å². The average Bonchev–Trinajstić information content (AvgIpc) is 1.19. The van der Waals surface area contributed by atoms with Gasteiger partial charge in [0.2, 0.25) is 0 Å². The van der Waals surface area contributed by atoms with Crippen molar-refractivity contribution in [2.45, 2.75) is 0 Å². The van der Waals surface area contributed by atoms with Crippen molar-refractivity contribution in [1.29, 1.82) is 0 Å². The van der Waals surface area contributed by atoms with E-state index in [-0.39, 0.29) is 103 Å². The normalized spacial score (nSPS) is 8.45. The third-order valence-corrected chi connectivity index (χ3v) is 0. The Labute approximate surface area is 152 Å². The molecule has 0 unspecified atom stereocenters. The van der Waals surface area contributed by atoms with Crippen molar-refractivity contribution >= 4 is 0 Å². The van der Waals surface area contributed by atoms with Crippen molar-refractivity contribution in [3.05, 3.63) is 0 Å². The van der Waals surface area contributed by atoms with Crippen molar-refractivity contribution in [2.75, 3.05) is 0 Å². The molecule has 0 aliphatic heterocycles. The van der Waals surface area contributed by atoms with Crippen LogP contribution < -0.4 is 121 Å². The van der Waals surface area contributed by atoms with Gasteiger partial charge < -0.3 is 14.0 Å². The van der Waals surface area contributed by atoms with Gasteiger partial charge in [0.1, 0.15) is 0 Å². The molecule has 0 bridgehead atoms. The van der Waals surface area contributed by atoms with E-state index in [0.717, 1.165) is 0 Å². The van der Waals surface area contributed by atoms with Gasteiger partial charge >= 0.3 is 131 Å². The standard InChI is InChI=1S/ClO3.2K.Mn.4O/c2-1(3)4;;;;;;;/q-1;2*+1;;;;;-1. The summed E-state index contributed by atoms with van der Waals surface area (Å²) in [5, 5.41) is 0. The Morgan fingerprint density at radius 1 is 0.909 bits per heavy atom. The summed E-state index contributed by atoms with van der Waals surface area (Å²) in [7, 11) is -2.85.